The van der Waals surface area contributed by atoms with Crippen LogP contribution >= 0.6 is 0 Å². The maximum absolute atomic E-state index is 12.5. The number of nitrogens with zero attached hydrogens (tertiary/aromatic N) is 5. The van der Waals surface area contributed by atoms with Gasteiger partial charge >= 0.3 is 0 Å². The number of amides is 1. The number of aromatic nitrogens is 3. The van der Waals surface area contributed by atoms with Crippen LogP contribution in [0.5, 0.6) is 11.6 Å². The van der Waals surface area contributed by atoms with Crippen molar-refractivity contribution in [2.45, 2.75) is 25.8 Å². The minimum atomic E-state index is -0.0431. The van der Waals surface area contributed by atoms with Gasteiger partial charge in [-0.3, -0.25) is 14.8 Å². The van der Waals surface area contributed by atoms with Gasteiger partial charge in [0.25, 0.3) is 0 Å². The monoisotopic (exact) mass is 341 g/mol. The molecule has 7 heteroatoms. The molecule has 1 fully saturated rings. The van der Waals surface area contributed by atoms with E-state index in [0.29, 0.717) is 18.2 Å². The average Bonchev–Trinajstić information content (AvgIpc) is 3.06. The third-order valence-corrected chi connectivity index (χ3v) is 4.17. The van der Waals surface area contributed by atoms with Crippen LogP contribution in [0, 0.1) is 6.92 Å². The van der Waals surface area contributed by atoms with E-state index < -0.39 is 0 Å². The summed E-state index contributed by atoms with van der Waals surface area (Å²) >= 11 is 0. The van der Waals surface area contributed by atoms with Crippen molar-refractivity contribution in [2.24, 2.45) is 0 Å². The van der Waals surface area contributed by atoms with Crippen molar-refractivity contribution in [3.05, 3.63) is 42.1 Å². The van der Waals surface area contributed by atoms with Crippen LogP contribution in [-0.2, 0) is 4.79 Å². The Morgan fingerprint density at radius 2 is 2.24 bits per heavy atom. The Hall–Kier alpha value is -2.54. The highest BCUT2D eigenvalue weighted by Gasteiger charge is 2.31. The SMILES string of the molecule is Cc1ncccc1Oc1cncc([C@@H]2CCCN2C(=O)CN(C)C)n1. The van der Waals surface area contributed by atoms with Crippen molar-refractivity contribution in [1.29, 1.82) is 0 Å². The zero-order valence-corrected chi connectivity index (χ0v) is 14.8. The Morgan fingerprint density at radius 3 is 3.00 bits per heavy atom. The normalized spacial score (nSPS) is 17.1. The van der Waals surface area contributed by atoms with Gasteiger partial charge in [0.1, 0.15) is 0 Å². The smallest absolute Gasteiger partial charge is 0.238 e. The number of carbonyl (C=O) groups is 1. The third-order valence-electron chi connectivity index (χ3n) is 4.17. The van der Waals surface area contributed by atoms with E-state index in [2.05, 4.69) is 15.0 Å². The molecule has 0 N–H and O–H groups in total. The summed E-state index contributed by atoms with van der Waals surface area (Å²) < 4.78 is 5.82. The Kier molecular flexibility index (Phi) is 5.23. The van der Waals surface area contributed by atoms with E-state index in [1.807, 2.05) is 43.0 Å². The molecule has 0 unspecified atom stereocenters. The molecule has 1 amide bonds. The molecule has 3 rings (SSSR count). The first-order chi connectivity index (χ1) is 12.0. The van der Waals surface area contributed by atoms with Crippen molar-refractivity contribution < 1.29 is 9.53 Å². The van der Waals surface area contributed by atoms with E-state index in [1.54, 1.807) is 18.6 Å². The van der Waals surface area contributed by atoms with E-state index in [1.165, 1.54) is 0 Å². The minimum Gasteiger partial charge on any atom is -0.436 e. The van der Waals surface area contributed by atoms with E-state index in [4.69, 9.17) is 4.74 Å². The quantitative estimate of drug-likeness (QED) is 0.830. The van der Waals surface area contributed by atoms with Gasteiger partial charge < -0.3 is 14.5 Å². The fourth-order valence-corrected chi connectivity index (χ4v) is 3.00. The Bertz CT molecular complexity index is 750. The minimum absolute atomic E-state index is 0.0431. The van der Waals surface area contributed by atoms with Crippen LogP contribution in [0.3, 0.4) is 0 Å². The van der Waals surface area contributed by atoms with Crippen molar-refractivity contribution >= 4 is 5.91 Å². The molecule has 0 radical (unpaired) electrons. The highest BCUT2D eigenvalue weighted by atomic mass is 16.5. The van der Waals surface area contributed by atoms with E-state index in [-0.39, 0.29) is 11.9 Å². The second-order valence-corrected chi connectivity index (χ2v) is 6.45. The summed E-state index contributed by atoms with van der Waals surface area (Å²) in [5.74, 6) is 1.19. The number of likely N-dealkylation sites (N-methyl/N-ethyl adjacent to an activating group) is 1. The number of ether oxygens (including phenoxy) is 1. The topological polar surface area (TPSA) is 71.5 Å². The van der Waals surface area contributed by atoms with Crippen LogP contribution in [0.25, 0.3) is 0 Å². The molecule has 132 valence electrons. The van der Waals surface area contributed by atoms with Crippen LogP contribution < -0.4 is 4.74 Å². The fraction of sp³-hybridized carbons (Fsp3) is 0.444. The van der Waals surface area contributed by atoms with Crippen LogP contribution in [0.2, 0.25) is 0 Å². The summed E-state index contributed by atoms with van der Waals surface area (Å²) in [4.78, 5) is 29.3. The van der Waals surface area contributed by atoms with Crippen molar-refractivity contribution in [1.82, 2.24) is 24.8 Å². The number of likely N-dealkylation sites (tertiary alicyclic amines) is 1. The van der Waals surface area contributed by atoms with Gasteiger partial charge in [-0.2, -0.15) is 0 Å². The molecule has 0 aromatic carbocycles. The lowest BCUT2D eigenvalue weighted by Crippen LogP contribution is -2.37. The standard InChI is InChI=1S/C18H23N5O2/c1-13-16(7-4-8-20-13)25-17-11-19-10-14(21-17)15-6-5-9-23(15)18(24)12-22(2)3/h4,7-8,10-11,15H,5-6,9,12H2,1-3H3/t15-/m0/s1. The van der Waals surface area contributed by atoms with Crippen LogP contribution in [-0.4, -0.2) is 57.8 Å². The van der Waals surface area contributed by atoms with E-state index >= 15 is 0 Å². The molecule has 1 aliphatic rings. The zero-order chi connectivity index (χ0) is 17.8. The molecule has 1 saturated heterocycles. The molecule has 0 bridgehead atoms. The molecule has 7 nitrogen and oxygen atoms in total. The van der Waals surface area contributed by atoms with E-state index in [0.717, 1.165) is 30.8 Å². The summed E-state index contributed by atoms with van der Waals surface area (Å²) in [6, 6.07) is 3.62. The first kappa shape index (κ1) is 17.3. The molecule has 25 heavy (non-hydrogen) atoms. The van der Waals surface area contributed by atoms with E-state index in [9.17, 15) is 4.79 Å². The fourth-order valence-electron chi connectivity index (χ4n) is 3.00. The maximum Gasteiger partial charge on any atom is 0.238 e. The van der Waals surface area contributed by atoms with Gasteiger partial charge in [-0.15, -0.1) is 0 Å². The summed E-state index contributed by atoms with van der Waals surface area (Å²) in [5, 5.41) is 0. The molecule has 3 heterocycles. The number of hydrogen-bond donors (Lipinski definition) is 0. The van der Waals surface area contributed by atoms with Crippen LogP contribution in [0.15, 0.2) is 30.7 Å². The number of carbonyl (C=O) groups excluding carboxylic acids is 1. The lowest BCUT2D eigenvalue weighted by Gasteiger charge is -2.25. The first-order valence-electron chi connectivity index (χ1n) is 8.40. The molecular formula is C18H23N5O2. The molecule has 0 saturated carbocycles. The Labute approximate surface area is 147 Å². The number of rotatable bonds is 5. The summed E-state index contributed by atoms with van der Waals surface area (Å²) in [6.45, 7) is 3.03. The second kappa shape index (κ2) is 7.57. The Balaban J connectivity index is 1.78. The molecule has 0 aliphatic carbocycles. The second-order valence-electron chi connectivity index (χ2n) is 6.45. The lowest BCUT2D eigenvalue weighted by atomic mass is 10.1. The van der Waals surface area contributed by atoms with Gasteiger partial charge in [0.2, 0.25) is 11.8 Å². The predicted molar refractivity (Wildman–Crippen MR) is 93.3 cm³/mol. The van der Waals surface area contributed by atoms with Crippen LogP contribution in [0.4, 0.5) is 0 Å². The predicted octanol–water partition coefficient (Wildman–Crippen LogP) is 2.20. The summed E-state index contributed by atoms with van der Waals surface area (Å²) in [5.41, 5.74) is 1.56. The van der Waals surface area contributed by atoms with Crippen molar-refractivity contribution in [3.63, 3.8) is 0 Å². The molecule has 0 spiro atoms. The largest absolute Gasteiger partial charge is 0.436 e. The highest BCUT2D eigenvalue weighted by Crippen LogP contribution is 2.32. The van der Waals surface area contributed by atoms with Gasteiger partial charge in [-0.05, 0) is 46.0 Å². The third kappa shape index (κ3) is 4.11. The molecule has 2 aromatic rings. The molecular weight excluding hydrogens is 318 g/mol. The number of pyridine rings is 1. The molecule has 1 atom stereocenters. The van der Waals surface area contributed by atoms with Crippen molar-refractivity contribution in [2.75, 3.05) is 27.2 Å². The van der Waals surface area contributed by atoms with Gasteiger partial charge in [-0.25, -0.2) is 4.98 Å². The molecule has 2 aromatic heterocycles. The summed E-state index contributed by atoms with van der Waals surface area (Å²) in [7, 11) is 3.79. The number of aryl methyl sites for hydroxylation is 1. The summed E-state index contributed by atoms with van der Waals surface area (Å²) in [6.07, 6.45) is 6.88. The van der Waals surface area contributed by atoms with Crippen LogP contribution in [0.1, 0.15) is 30.3 Å². The van der Waals surface area contributed by atoms with Gasteiger partial charge in [-0.1, -0.05) is 0 Å². The maximum atomic E-state index is 12.5. The van der Waals surface area contributed by atoms with Gasteiger partial charge in [0.15, 0.2) is 5.75 Å². The average molecular weight is 341 g/mol. The Morgan fingerprint density at radius 1 is 1.40 bits per heavy atom. The zero-order valence-electron chi connectivity index (χ0n) is 14.8. The highest BCUT2D eigenvalue weighted by molar-refractivity contribution is 5.79. The number of hydrogen-bond acceptors (Lipinski definition) is 6. The van der Waals surface area contributed by atoms with Crippen molar-refractivity contribution in [3.8, 4) is 11.6 Å². The van der Waals surface area contributed by atoms with Gasteiger partial charge in [0.05, 0.1) is 36.4 Å². The lowest BCUT2D eigenvalue weighted by molar-refractivity contribution is -0.132. The van der Waals surface area contributed by atoms with Gasteiger partial charge in [0, 0.05) is 12.7 Å². The molecule has 1 aliphatic heterocycles. The first-order valence-corrected chi connectivity index (χ1v) is 8.40.